The van der Waals surface area contributed by atoms with Crippen LogP contribution in [-0.2, 0) is 9.59 Å². The van der Waals surface area contributed by atoms with Gasteiger partial charge in [0.15, 0.2) is 5.78 Å². The van der Waals surface area contributed by atoms with Gasteiger partial charge in [0.2, 0.25) is 5.91 Å². The van der Waals surface area contributed by atoms with Crippen LogP contribution in [0.5, 0.6) is 0 Å². The van der Waals surface area contributed by atoms with Crippen molar-refractivity contribution in [1.82, 2.24) is 4.90 Å². The molecule has 0 aliphatic carbocycles. The monoisotopic (exact) mass is 225 g/mol. The zero-order chi connectivity index (χ0) is 12.2. The molecule has 0 spiro atoms. The van der Waals surface area contributed by atoms with Crippen LogP contribution in [0, 0.1) is 5.41 Å². The summed E-state index contributed by atoms with van der Waals surface area (Å²) in [5, 5.41) is 0. The van der Waals surface area contributed by atoms with E-state index in [-0.39, 0.29) is 17.1 Å². The minimum atomic E-state index is -0.236. The fourth-order valence-corrected chi connectivity index (χ4v) is 1.92. The summed E-state index contributed by atoms with van der Waals surface area (Å²) in [6.45, 7) is 7.11. The minimum Gasteiger partial charge on any atom is -0.335 e. The predicted molar refractivity (Wildman–Crippen MR) is 64.1 cm³/mol. The van der Waals surface area contributed by atoms with Crippen LogP contribution in [0.25, 0.3) is 0 Å². The molecule has 0 aromatic carbocycles. The van der Waals surface area contributed by atoms with Crippen molar-refractivity contribution in [3.05, 3.63) is 0 Å². The maximum Gasteiger partial charge on any atom is 0.222 e. The Balaban J connectivity index is 2.39. The second-order valence-corrected chi connectivity index (χ2v) is 5.33. The van der Waals surface area contributed by atoms with E-state index in [1.54, 1.807) is 4.90 Å². The highest BCUT2D eigenvalue weighted by Gasteiger charge is 2.35. The molecular weight excluding hydrogens is 202 g/mol. The highest BCUT2D eigenvalue weighted by molar-refractivity contribution is 5.90. The second-order valence-electron chi connectivity index (χ2n) is 5.33. The van der Waals surface area contributed by atoms with Crippen LogP contribution in [0.1, 0.15) is 52.9 Å². The summed E-state index contributed by atoms with van der Waals surface area (Å²) in [6.07, 6.45) is 4.56. The van der Waals surface area contributed by atoms with Gasteiger partial charge in [-0.25, -0.2) is 0 Å². The molecular formula is C13H23NO2. The molecule has 0 radical (unpaired) electrons. The van der Waals surface area contributed by atoms with E-state index in [2.05, 4.69) is 6.92 Å². The number of piperidine rings is 1. The molecule has 0 aromatic heterocycles. The van der Waals surface area contributed by atoms with E-state index < -0.39 is 0 Å². The third-order valence-electron chi connectivity index (χ3n) is 3.44. The SMILES string of the molecule is CCCCCC(=O)N1CCC(C)(C)C(=O)C1. The normalized spacial score (nSPS) is 19.9. The van der Waals surface area contributed by atoms with Gasteiger partial charge < -0.3 is 4.90 Å². The first kappa shape index (κ1) is 13.2. The average molecular weight is 225 g/mol. The van der Waals surface area contributed by atoms with Crippen molar-refractivity contribution in [2.24, 2.45) is 5.41 Å². The van der Waals surface area contributed by atoms with Crippen LogP contribution in [0.4, 0.5) is 0 Å². The second kappa shape index (κ2) is 5.46. The Morgan fingerprint density at radius 3 is 2.62 bits per heavy atom. The molecule has 3 nitrogen and oxygen atoms in total. The van der Waals surface area contributed by atoms with E-state index >= 15 is 0 Å². The van der Waals surface area contributed by atoms with Crippen molar-refractivity contribution in [3.63, 3.8) is 0 Å². The summed E-state index contributed by atoms with van der Waals surface area (Å²) in [4.78, 5) is 25.3. The van der Waals surface area contributed by atoms with Gasteiger partial charge in [-0.1, -0.05) is 33.6 Å². The van der Waals surface area contributed by atoms with E-state index in [0.717, 1.165) is 32.2 Å². The van der Waals surface area contributed by atoms with Gasteiger partial charge in [-0.15, -0.1) is 0 Å². The molecule has 16 heavy (non-hydrogen) atoms. The Bertz CT molecular complexity index is 271. The lowest BCUT2D eigenvalue weighted by atomic mass is 9.81. The van der Waals surface area contributed by atoms with Crippen molar-refractivity contribution in [2.45, 2.75) is 52.9 Å². The number of ketones is 1. The van der Waals surface area contributed by atoms with Crippen LogP contribution in [0.3, 0.4) is 0 Å². The van der Waals surface area contributed by atoms with Crippen molar-refractivity contribution in [3.8, 4) is 0 Å². The summed E-state index contributed by atoms with van der Waals surface area (Å²) >= 11 is 0. The van der Waals surface area contributed by atoms with Gasteiger partial charge in [-0.2, -0.15) is 0 Å². The first-order chi connectivity index (χ1) is 7.47. The molecule has 1 amide bonds. The standard InChI is InChI=1S/C13H23NO2/c1-4-5-6-7-12(16)14-9-8-13(2,3)11(15)10-14/h4-10H2,1-3H3. The third kappa shape index (κ3) is 3.32. The van der Waals surface area contributed by atoms with Crippen molar-refractivity contribution in [2.75, 3.05) is 13.1 Å². The lowest BCUT2D eigenvalue weighted by Crippen LogP contribution is -2.47. The lowest BCUT2D eigenvalue weighted by molar-refractivity contribution is -0.142. The number of unbranched alkanes of at least 4 members (excludes halogenated alkanes) is 2. The molecule has 1 aliphatic rings. The maximum atomic E-state index is 11.8. The molecule has 1 fully saturated rings. The van der Waals surface area contributed by atoms with Crippen LogP contribution < -0.4 is 0 Å². The summed E-state index contributed by atoms with van der Waals surface area (Å²) in [7, 11) is 0. The van der Waals surface area contributed by atoms with Crippen molar-refractivity contribution < 1.29 is 9.59 Å². The Hall–Kier alpha value is -0.860. The van der Waals surface area contributed by atoms with Gasteiger partial charge in [0.05, 0.1) is 6.54 Å². The summed E-state index contributed by atoms with van der Waals surface area (Å²) in [5.41, 5.74) is -0.236. The number of Topliss-reactive ketones (excluding diaryl/α,β-unsaturated/α-hetero) is 1. The van der Waals surface area contributed by atoms with Crippen LogP contribution in [-0.4, -0.2) is 29.7 Å². The zero-order valence-corrected chi connectivity index (χ0v) is 10.7. The molecule has 0 saturated carbocycles. The zero-order valence-electron chi connectivity index (χ0n) is 10.7. The van der Waals surface area contributed by atoms with Gasteiger partial charge in [-0.05, 0) is 12.8 Å². The first-order valence-corrected chi connectivity index (χ1v) is 6.28. The lowest BCUT2D eigenvalue weighted by Gasteiger charge is -2.35. The number of hydrogen-bond donors (Lipinski definition) is 0. The van der Waals surface area contributed by atoms with E-state index in [0.29, 0.717) is 13.0 Å². The van der Waals surface area contributed by atoms with Crippen LogP contribution >= 0.6 is 0 Å². The number of rotatable bonds is 4. The van der Waals surface area contributed by atoms with Crippen LogP contribution in [0.2, 0.25) is 0 Å². The number of likely N-dealkylation sites (tertiary alicyclic amines) is 1. The first-order valence-electron chi connectivity index (χ1n) is 6.28. The number of amides is 1. The molecule has 0 bridgehead atoms. The topological polar surface area (TPSA) is 37.4 Å². The Kier molecular flexibility index (Phi) is 4.51. The van der Waals surface area contributed by atoms with E-state index in [1.165, 1.54) is 0 Å². The predicted octanol–water partition coefficient (Wildman–Crippen LogP) is 2.39. The van der Waals surface area contributed by atoms with Gasteiger partial charge in [0, 0.05) is 18.4 Å². The molecule has 0 N–H and O–H groups in total. The smallest absolute Gasteiger partial charge is 0.222 e. The molecule has 0 atom stereocenters. The van der Waals surface area contributed by atoms with Gasteiger partial charge in [-0.3, -0.25) is 9.59 Å². The van der Waals surface area contributed by atoms with E-state index in [1.807, 2.05) is 13.8 Å². The quantitative estimate of drug-likeness (QED) is 0.689. The van der Waals surface area contributed by atoms with Crippen molar-refractivity contribution >= 4 is 11.7 Å². The van der Waals surface area contributed by atoms with E-state index in [4.69, 9.17) is 0 Å². The summed E-state index contributed by atoms with van der Waals surface area (Å²) in [6, 6.07) is 0. The molecule has 1 aliphatic heterocycles. The molecule has 92 valence electrons. The van der Waals surface area contributed by atoms with Gasteiger partial charge in [0.1, 0.15) is 0 Å². The largest absolute Gasteiger partial charge is 0.335 e. The Morgan fingerprint density at radius 1 is 1.38 bits per heavy atom. The Morgan fingerprint density at radius 2 is 2.06 bits per heavy atom. The number of carbonyl (C=O) groups excluding carboxylic acids is 2. The highest BCUT2D eigenvalue weighted by atomic mass is 16.2. The van der Waals surface area contributed by atoms with Gasteiger partial charge in [0.25, 0.3) is 0 Å². The third-order valence-corrected chi connectivity index (χ3v) is 3.44. The Labute approximate surface area is 98.2 Å². The maximum absolute atomic E-state index is 11.8. The average Bonchev–Trinajstić information content (AvgIpc) is 2.22. The summed E-state index contributed by atoms with van der Waals surface area (Å²) in [5.74, 6) is 0.347. The van der Waals surface area contributed by atoms with Crippen LogP contribution in [0.15, 0.2) is 0 Å². The number of nitrogens with zero attached hydrogens (tertiary/aromatic N) is 1. The molecule has 1 rings (SSSR count). The molecule has 1 saturated heterocycles. The van der Waals surface area contributed by atoms with Gasteiger partial charge >= 0.3 is 0 Å². The molecule has 0 aromatic rings. The highest BCUT2D eigenvalue weighted by Crippen LogP contribution is 2.27. The molecule has 3 heteroatoms. The molecule has 0 unspecified atom stereocenters. The number of carbonyl (C=O) groups is 2. The summed E-state index contributed by atoms with van der Waals surface area (Å²) < 4.78 is 0. The fraction of sp³-hybridized carbons (Fsp3) is 0.846. The van der Waals surface area contributed by atoms with E-state index in [9.17, 15) is 9.59 Å². The van der Waals surface area contributed by atoms with Crippen molar-refractivity contribution in [1.29, 1.82) is 0 Å². The number of hydrogen-bond acceptors (Lipinski definition) is 2. The minimum absolute atomic E-state index is 0.150. The fourth-order valence-electron chi connectivity index (χ4n) is 1.92. The molecule has 1 heterocycles.